The molecule has 1 aliphatic rings. The molecule has 1 fully saturated rings. The van der Waals surface area contributed by atoms with Crippen LogP contribution in [0.5, 0.6) is 0 Å². The summed E-state index contributed by atoms with van der Waals surface area (Å²) in [5.74, 6) is -1.83. The van der Waals surface area contributed by atoms with Gasteiger partial charge in [-0.1, -0.05) is 12.1 Å². The number of para-hydroxylation sites is 1. The first-order valence-electron chi connectivity index (χ1n) is 6.38. The lowest BCUT2D eigenvalue weighted by Crippen LogP contribution is -2.28. The summed E-state index contributed by atoms with van der Waals surface area (Å²) in [5, 5.41) is 9.73. The minimum absolute atomic E-state index is 0.100. The van der Waals surface area contributed by atoms with Gasteiger partial charge in [-0.3, -0.25) is 9.59 Å². The Balaban J connectivity index is 1.68. The number of thiazole rings is 1. The van der Waals surface area contributed by atoms with Crippen molar-refractivity contribution in [1.29, 1.82) is 0 Å². The largest absolute Gasteiger partial charge is 0.481 e. The Morgan fingerprint density at radius 3 is 2.80 bits per heavy atom. The number of carbonyl (C=O) groups excluding carboxylic acids is 1. The second-order valence-corrected chi connectivity index (χ2v) is 6.17. The number of aromatic nitrogens is 1. The van der Waals surface area contributed by atoms with E-state index in [0.717, 1.165) is 15.2 Å². The van der Waals surface area contributed by atoms with Gasteiger partial charge in [0, 0.05) is 7.05 Å². The molecule has 1 aromatic carbocycles. The van der Waals surface area contributed by atoms with Crippen molar-refractivity contribution in [2.45, 2.75) is 13.0 Å². The van der Waals surface area contributed by atoms with Crippen LogP contribution in [-0.4, -0.2) is 33.9 Å². The third-order valence-electron chi connectivity index (χ3n) is 3.51. The zero-order valence-corrected chi connectivity index (χ0v) is 11.8. The van der Waals surface area contributed by atoms with Gasteiger partial charge < -0.3 is 10.0 Å². The molecule has 0 saturated heterocycles. The zero-order chi connectivity index (χ0) is 14.3. The molecule has 1 saturated carbocycles. The predicted octanol–water partition coefficient (Wildman–Crippen LogP) is 1.98. The van der Waals surface area contributed by atoms with Gasteiger partial charge in [0.15, 0.2) is 0 Å². The predicted molar refractivity (Wildman–Crippen MR) is 75.3 cm³/mol. The van der Waals surface area contributed by atoms with E-state index >= 15 is 0 Å². The van der Waals surface area contributed by atoms with Gasteiger partial charge in [-0.2, -0.15) is 0 Å². The fraction of sp³-hybridized carbons (Fsp3) is 0.357. The second kappa shape index (κ2) is 4.86. The first-order chi connectivity index (χ1) is 9.56. The molecule has 0 aliphatic heterocycles. The minimum Gasteiger partial charge on any atom is -0.481 e. The summed E-state index contributed by atoms with van der Waals surface area (Å²) >= 11 is 1.56. The monoisotopic (exact) mass is 290 g/mol. The first-order valence-corrected chi connectivity index (χ1v) is 7.20. The lowest BCUT2D eigenvalue weighted by atomic mass is 10.3. The molecule has 1 heterocycles. The summed E-state index contributed by atoms with van der Waals surface area (Å²) in [4.78, 5) is 28.9. The highest BCUT2D eigenvalue weighted by Crippen LogP contribution is 2.40. The highest BCUT2D eigenvalue weighted by Gasteiger charge is 2.49. The Bertz CT molecular complexity index is 649. The molecular formula is C14H14N2O3S. The summed E-state index contributed by atoms with van der Waals surface area (Å²) in [6.45, 7) is 0.432. The molecule has 0 bridgehead atoms. The molecule has 0 unspecified atom stereocenters. The number of carboxylic acid groups (broad SMARTS) is 1. The van der Waals surface area contributed by atoms with Crippen LogP contribution in [0.25, 0.3) is 10.2 Å². The Kier molecular flexibility index (Phi) is 3.17. The van der Waals surface area contributed by atoms with Gasteiger partial charge in [-0.15, -0.1) is 11.3 Å². The number of aliphatic carboxylic acids is 1. The number of hydrogen-bond donors (Lipinski definition) is 1. The van der Waals surface area contributed by atoms with E-state index in [1.807, 2.05) is 24.3 Å². The molecule has 6 heteroatoms. The van der Waals surface area contributed by atoms with Crippen molar-refractivity contribution >= 4 is 33.4 Å². The van der Waals surface area contributed by atoms with Gasteiger partial charge in [0.25, 0.3) is 0 Å². The number of carbonyl (C=O) groups is 2. The van der Waals surface area contributed by atoms with Crippen LogP contribution in [0, 0.1) is 11.8 Å². The first kappa shape index (κ1) is 13.1. The molecule has 104 valence electrons. The van der Waals surface area contributed by atoms with Crippen molar-refractivity contribution in [2.24, 2.45) is 11.8 Å². The van der Waals surface area contributed by atoms with Crippen molar-refractivity contribution in [3.05, 3.63) is 29.3 Å². The molecule has 1 amide bonds. The van der Waals surface area contributed by atoms with Crippen LogP contribution in [0.15, 0.2) is 24.3 Å². The van der Waals surface area contributed by atoms with E-state index < -0.39 is 11.9 Å². The van der Waals surface area contributed by atoms with Crippen LogP contribution in [0.1, 0.15) is 11.4 Å². The summed E-state index contributed by atoms with van der Waals surface area (Å²) in [6.07, 6.45) is 0.457. The molecule has 0 radical (unpaired) electrons. The van der Waals surface area contributed by atoms with E-state index in [0.29, 0.717) is 13.0 Å². The second-order valence-electron chi connectivity index (χ2n) is 5.06. The van der Waals surface area contributed by atoms with Crippen molar-refractivity contribution in [2.75, 3.05) is 7.05 Å². The number of carboxylic acids is 1. The van der Waals surface area contributed by atoms with Crippen LogP contribution >= 0.6 is 11.3 Å². The SMILES string of the molecule is CN(Cc1nc2ccccc2s1)C(=O)[C@H]1C[C@@H]1C(=O)O. The van der Waals surface area contributed by atoms with Gasteiger partial charge >= 0.3 is 5.97 Å². The maximum Gasteiger partial charge on any atom is 0.307 e. The van der Waals surface area contributed by atoms with E-state index in [1.165, 1.54) is 0 Å². The van der Waals surface area contributed by atoms with Crippen molar-refractivity contribution in [1.82, 2.24) is 9.88 Å². The molecule has 3 rings (SSSR count). The molecule has 5 nitrogen and oxygen atoms in total. The van der Waals surface area contributed by atoms with Crippen LogP contribution < -0.4 is 0 Å². The Labute approximate surface area is 119 Å². The van der Waals surface area contributed by atoms with E-state index in [4.69, 9.17) is 5.11 Å². The third kappa shape index (κ3) is 2.38. The number of amides is 1. The third-order valence-corrected chi connectivity index (χ3v) is 4.53. The normalized spacial score (nSPS) is 20.9. The highest BCUT2D eigenvalue weighted by molar-refractivity contribution is 7.18. The smallest absolute Gasteiger partial charge is 0.307 e. The van der Waals surface area contributed by atoms with Crippen molar-refractivity contribution < 1.29 is 14.7 Å². The average molecular weight is 290 g/mol. The maximum absolute atomic E-state index is 12.1. The summed E-state index contributed by atoms with van der Waals surface area (Å²) in [5.41, 5.74) is 0.934. The van der Waals surface area contributed by atoms with E-state index in [-0.39, 0.29) is 11.8 Å². The van der Waals surface area contributed by atoms with Crippen LogP contribution in [0.4, 0.5) is 0 Å². The Hall–Kier alpha value is -1.95. The average Bonchev–Trinajstić information content (AvgIpc) is 3.12. The van der Waals surface area contributed by atoms with Crippen LogP contribution in [-0.2, 0) is 16.1 Å². The Morgan fingerprint density at radius 1 is 1.40 bits per heavy atom. The fourth-order valence-corrected chi connectivity index (χ4v) is 3.31. The number of hydrogen-bond acceptors (Lipinski definition) is 4. The topological polar surface area (TPSA) is 70.5 Å². The highest BCUT2D eigenvalue weighted by atomic mass is 32.1. The number of rotatable bonds is 4. The molecule has 2 aromatic rings. The summed E-state index contributed by atoms with van der Waals surface area (Å²) < 4.78 is 1.10. The number of benzene rings is 1. The van der Waals surface area contributed by atoms with Crippen LogP contribution in [0.3, 0.4) is 0 Å². The molecular weight excluding hydrogens is 276 g/mol. The molecule has 2 atom stereocenters. The molecule has 1 aromatic heterocycles. The van der Waals surface area contributed by atoms with E-state index in [2.05, 4.69) is 4.98 Å². The lowest BCUT2D eigenvalue weighted by molar-refractivity contribution is -0.141. The van der Waals surface area contributed by atoms with Gasteiger partial charge in [-0.25, -0.2) is 4.98 Å². The fourth-order valence-electron chi connectivity index (χ4n) is 2.29. The number of fused-ring (bicyclic) bond motifs is 1. The summed E-state index contributed by atoms with van der Waals surface area (Å²) in [7, 11) is 1.70. The maximum atomic E-state index is 12.1. The van der Waals surface area contributed by atoms with Crippen molar-refractivity contribution in [3.63, 3.8) is 0 Å². The van der Waals surface area contributed by atoms with Crippen LogP contribution in [0.2, 0.25) is 0 Å². The minimum atomic E-state index is -0.878. The molecule has 0 spiro atoms. The quantitative estimate of drug-likeness (QED) is 0.934. The number of nitrogens with zero attached hydrogens (tertiary/aromatic N) is 2. The lowest BCUT2D eigenvalue weighted by Gasteiger charge is -2.15. The zero-order valence-electron chi connectivity index (χ0n) is 10.9. The van der Waals surface area contributed by atoms with Gasteiger partial charge in [0.05, 0.1) is 28.6 Å². The standard InChI is InChI=1S/C14H14N2O3S/c1-16(13(17)8-6-9(8)14(18)19)7-12-15-10-4-2-3-5-11(10)20-12/h2-5,8-9H,6-7H2,1H3,(H,18,19)/t8-,9-/m0/s1. The molecule has 20 heavy (non-hydrogen) atoms. The van der Waals surface area contributed by atoms with Crippen molar-refractivity contribution in [3.8, 4) is 0 Å². The van der Waals surface area contributed by atoms with Gasteiger partial charge in [0.1, 0.15) is 5.01 Å². The summed E-state index contributed by atoms with van der Waals surface area (Å²) in [6, 6.07) is 7.83. The van der Waals surface area contributed by atoms with E-state index in [9.17, 15) is 9.59 Å². The van der Waals surface area contributed by atoms with Gasteiger partial charge in [0.2, 0.25) is 5.91 Å². The Morgan fingerprint density at radius 2 is 2.15 bits per heavy atom. The molecule has 1 aliphatic carbocycles. The van der Waals surface area contributed by atoms with E-state index in [1.54, 1.807) is 23.3 Å². The van der Waals surface area contributed by atoms with Gasteiger partial charge in [-0.05, 0) is 18.6 Å². The molecule has 1 N–H and O–H groups in total.